The molecule has 0 spiro atoms. The molecule has 0 heterocycles. The molecule has 0 aliphatic rings. The zero-order chi connectivity index (χ0) is 26.1. The number of nitrogens with one attached hydrogen (secondary N) is 1. The van der Waals surface area contributed by atoms with E-state index in [0.29, 0.717) is 23.0 Å². The van der Waals surface area contributed by atoms with Crippen molar-refractivity contribution in [2.24, 2.45) is 0 Å². The van der Waals surface area contributed by atoms with Gasteiger partial charge in [-0.1, -0.05) is 73.8 Å². The molecule has 7 nitrogen and oxygen atoms in total. The van der Waals surface area contributed by atoms with Crippen LogP contribution in [0, 0.1) is 0 Å². The number of para-hydroxylation sites is 2. The number of rotatable bonds is 12. The SMILES string of the molecule is C=CNP(=O)(Oc1ccccc1)Oc1ccc(-c2ccc(OP(=O)(C=C)Oc3ccccc3)cc2)cc1. The van der Waals surface area contributed by atoms with Crippen LogP contribution in [-0.4, -0.2) is 0 Å². The van der Waals surface area contributed by atoms with Crippen LogP contribution in [0.4, 0.5) is 0 Å². The Morgan fingerprint density at radius 1 is 0.541 bits per heavy atom. The van der Waals surface area contributed by atoms with E-state index in [4.69, 9.17) is 18.1 Å². The molecule has 0 amide bonds. The molecule has 0 fully saturated rings. The van der Waals surface area contributed by atoms with Crippen LogP contribution in [0.25, 0.3) is 11.1 Å². The van der Waals surface area contributed by atoms with E-state index in [1.165, 1.54) is 12.0 Å². The maximum absolute atomic E-state index is 13.1. The molecule has 188 valence electrons. The van der Waals surface area contributed by atoms with E-state index in [1.54, 1.807) is 72.8 Å². The monoisotopic (exact) mass is 533 g/mol. The first-order valence-electron chi connectivity index (χ1n) is 11.2. The molecule has 0 saturated heterocycles. The van der Waals surface area contributed by atoms with Gasteiger partial charge in [-0.2, -0.15) is 0 Å². The lowest BCUT2D eigenvalue weighted by Crippen LogP contribution is -2.13. The predicted molar refractivity (Wildman–Crippen MR) is 146 cm³/mol. The van der Waals surface area contributed by atoms with E-state index in [2.05, 4.69) is 18.2 Å². The first kappa shape index (κ1) is 25.9. The minimum atomic E-state index is -3.74. The van der Waals surface area contributed by atoms with Gasteiger partial charge in [0.15, 0.2) is 0 Å². The summed E-state index contributed by atoms with van der Waals surface area (Å²) in [4.78, 5) is 0. The van der Waals surface area contributed by atoms with Crippen molar-refractivity contribution >= 4 is 15.3 Å². The fourth-order valence-corrected chi connectivity index (χ4v) is 5.41. The first-order chi connectivity index (χ1) is 17.9. The summed E-state index contributed by atoms with van der Waals surface area (Å²) in [7, 11) is -7.33. The number of hydrogen-bond donors (Lipinski definition) is 1. The molecule has 9 heteroatoms. The Morgan fingerprint density at radius 2 is 0.919 bits per heavy atom. The van der Waals surface area contributed by atoms with Crippen LogP contribution < -0.4 is 23.2 Å². The molecule has 1 N–H and O–H groups in total. The second-order valence-electron chi connectivity index (χ2n) is 7.59. The number of hydrogen-bond acceptors (Lipinski definition) is 6. The van der Waals surface area contributed by atoms with Gasteiger partial charge < -0.3 is 18.1 Å². The zero-order valence-electron chi connectivity index (χ0n) is 19.8. The minimum Gasteiger partial charge on any atom is -0.413 e. The lowest BCUT2D eigenvalue weighted by atomic mass is 10.1. The fourth-order valence-electron chi connectivity index (χ4n) is 3.23. The third-order valence-electron chi connectivity index (χ3n) is 4.92. The second kappa shape index (κ2) is 11.7. The van der Waals surface area contributed by atoms with Gasteiger partial charge in [0.2, 0.25) is 0 Å². The molecular weight excluding hydrogens is 508 g/mol. The van der Waals surface area contributed by atoms with Crippen LogP contribution in [0.1, 0.15) is 0 Å². The van der Waals surface area contributed by atoms with Crippen molar-refractivity contribution in [2.75, 3.05) is 0 Å². The topological polar surface area (TPSA) is 83.1 Å². The number of benzene rings is 4. The Kier molecular flexibility index (Phi) is 8.19. The lowest BCUT2D eigenvalue weighted by molar-refractivity contribution is 0.378. The maximum atomic E-state index is 13.1. The van der Waals surface area contributed by atoms with Crippen LogP contribution in [0.5, 0.6) is 23.0 Å². The Morgan fingerprint density at radius 3 is 1.32 bits per heavy atom. The van der Waals surface area contributed by atoms with E-state index in [-0.39, 0.29) is 0 Å². The summed E-state index contributed by atoms with van der Waals surface area (Å²) < 4.78 is 48.5. The van der Waals surface area contributed by atoms with Gasteiger partial charge in [-0.3, -0.25) is 5.09 Å². The maximum Gasteiger partial charge on any atom is 0.541 e. The summed E-state index contributed by atoms with van der Waals surface area (Å²) >= 11 is 0. The van der Waals surface area contributed by atoms with Crippen LogP contribution in [0.2, 0.25) is 0 Å². The Bertz CT molecular complexity index is 1430. The molecule has 0 aromatic heterocycles. The van der Waals surface area contributed by atoms with Crippen molar-refractivity contribution < 1.29 is 27.2 Å². The molecule has 2 unspecified atom stereocenters. The highest BCUT2D eigenvalue weighted by molar-refractivity contribution is 7.58. The molecule has 0 bridgehead atoms. The molecule has 4 aromatic rings. The van der Waals surface area contributed by atoms with Gasteiger partial charge in [0.1, 0.15) is 23.0 Å². The standard InChI is InChI=1S/C28H25NO6P2/c1-3-29-37(31,34-26-13-9-6-10-14-26)35-28-21-17-24(18-22-28)23-15-19-27(20-16-23)33-36(30,4-2)32-25-11-7-5-8-12-25/h3-22H,1-2H2,(H,29,31). The van der Waals surface area contributed by atoms with Crippen LogP contribution in [-0.2, 0) is 9.13 Å². The second-order valence-corrected chi connectivity index (χ2v) is 11.0. The van der Waals surface area contributed by atoms with Gasteiger partial charge in [0.25, 0.3) is 0 Å². The smallest absolute Gasteiger partial charge is 0.413 e. The zero-order valence-corrected chi connectivity index (χ0v) is 21.6. The van der Waals surface area contributed by atoms with E-state index in [0.717, 1.165) is 11.1 Å². The van der Waals surface area contributed by atoms with E-state index in [9.17, 15) is 9.13 Å². The quantitative estimate of drug-likeness (QED) is 0.183. The van der Waals surface area contributed by atoms with Crippen molar-refractivity contribution in [3.63, 3.8) is 0 Å². The van der Waals surface area contributed by atoms with Gasteiger partial charge in [0.05, 0.1) is 0 Å². The van der Waals surface area contributed by atoms with Crippen molar-refractivity contribution in [1.82, 2.24) is 5.09 Å². The molecule has 2 atom stereocenters. The minimum absolute atomic E-state index is 0.349. The first-order valence-corrected chi connectivity index (χ1v) is 14.4. The molecule has 0 aliphatic carbocycles. The summed E-state index contributed by atoms with van der Waals surface area (Å²) in [5.41, 5.74) is 1.76. The van der Waals surface area contributed by atoms with Crippen molar-refractivity contribution in [1.29, 1.82) is 0 Å². The van der Waals surface area contributed by atoms with Gasteiger partial charge in [0, 0.05) is 12.0 Å². The van der Waals surface area contributed by atoms with Crippen LogP contribution in [0.15, 0.2) is 134 Å². The third kappa shape index (κ3) is 7.17. The predicted octanol–water partition coefficient (Wildman–Crippen LogP) is 8.45. The summed E-state index contributed by atoms with van der Waals surface area (Å²) in [6.45, 7) is 7.15. The summed E-state index contributed by atoms with van der Waals surface area (Å²) in [5, 5.41) is 2.57. The summed E-state index contributed by atoms with van der Waals surface area (Å²) in [5.74, 6) is 2.72. The third-order valence-corrected chi connectivity index (χ3v) is 7.70. The van der Waals surface area contributed by atoms with Crippen LogP contribution in [0.3, 0.4) is 0 Å². The van der Waals surface area contributed by atoms with Crippen LogP contribution >= 0.6 is 15.3 Å². The van der Waals surface area contributed by atoms with Gasteiger partial charge >= 0.3 is 15.3 Å². The molecule has 4 aromatic carbocycles. The summed E-state index contributed by atoms with van der Waals surface area (Å²) in [6, 6.07) is 31.5. The highest BCUT2D eigenvalue weighted by atomic mass is 31.2. The van der Waals surface area contributed by atoms with Crippen molar-refractivity contribution in [3.05, 3.63) is 134 Å². The van der Waals surface area contributed by atoms with Gasteiger partial charge in [-0.25, -0.2) is 9.13 Å². The Labute approximate surface area is 216 Å². The molecule has 4 rings (SSSR count). The van der Waals surface area contributed by atoms with Crippen molar-refractivity contribution in [2.45, 2.75) is 0 Å². The van der Waals surface area contributed by atoms with E-state index < -0.39 is 15.3 Å². The lowest BCUT2D eigenvalue weighted by Gasteiger charge is -2.19. The largest absolute Gasteiger partial charge is 0.541 e. The Balaban J connectivity index is 1.43. The van der Waals surface area contributed by atoms with Crippen molar-refractivity contribution in [3.8, 4) is 34.1 Å². The molecular formula is C28H25NO6P2. The molecule has 0 saturated carbocycles. The fraction of sp³-hybridized carbons (Fsp3) is 0. The van der Waals surface area contributed by atoms with E-state index >= 15 is 0 Å². The van der Waals surface area contributed by atoms with Gasteiger partial charge in [-0.15, -0.1) is 0 Å². The molecule has 37 heavy (non-hydrogen) atoms. The van der Waals surface area contributed by atoms with Gasteiger partial charge in [-0.05, 0) is 59.7 Å². The highest BCUT2D eigenvalue weighted by Gasteiger charge is 2.27. The average Bonchev–Trinajstić information content (AvgIpc) is 2.91. The molecule has 0 aliphatic heterocycles. The summed E-state index contributed by atoms with van der Waals surface area (Å²) in [6.07, 6.45) is 1.26. The Hall–Kier alpha value is -4.18. The normalized spacial score (nSPS) is 13.7. The van der Waals surface area contributed by atoms with E-state index in [1.807, 2.05) is 36.4 Å². The molecule has 0 radical (unpaired) electrons. The average molecular weight is 533 g/mol. The highest BCUT2D eigenvalue weighted by Crippen LogP contribution is 2.49.